The number of amides is 1. The van der Waals surface area contributed by atoms with Crippen LogP contribution in [0, 0.1) is 0 Å². The van der Waals surface area contributed by atoms with E-state index < -0.39 is 11.9 Å². The summed E-state index contributed by atoms with van der Waals surface area (Å²) in [4.78, 5) is 37.6. The number of piperazine rings is 1. The van der Waals surface area contributed by atoms with Crippen molar-refractivity contribution in [1.82, 2.24) is 14.9 Å². The zero-order valence-corrected chi connectivity index (χ0v) is 18.8. The number of aliphatic hydroxyl groups excluding tert-OH is 1. The molecule has 1 amide bonds. The molecule has 2 aliphatic rings. The van der Waals surface area contributed by atoms with Crippen LogP contribution in [0.1, 0.15) is 10.4 Å². The molecular weight excluding hydrogens is 448 g/mol. The van der Waals surface area contributed by atoms with Crippen LogP contribution in [0.25, 0.3) is 0 Å². The number of ketones is 1. The molecule has 3 aromatic rings. The fourth-order valence-corrected chi connectivity index (χ4v) is 4.08. The van der Waals surface area contributed by atoms with Crippen LogP contribution < -0.4 is 15.5 Å². The van der Waals surface area contributed by atoms with Crippen molar-refractivity contribution < 1.29 is 19.8 Å². The zero-order chi connectivity index (χ0) is 24.4. The molecule has 2 aromatic carbocycles. The van der Waals surface area contributed by atoms with Gasteiger partial charge >= 0.3 is 0 Å². The van der Waals surface area contributed by atoms with Crippen molar-refractivity contribution in [2.75, 3.05) is 41.7 Å². The summed E-state index contributed by atoms with van der Waals surface area (Å²) in [5.74, 6) is -0.448. The molecule has 1 aliphatic carbocycles. The fraction of sp³-hybridized carbons (Fsp3) is 0.200. The lowest BCUT2D eigenvalue weighted by Gasteiger charge is -2.35. The Morgan fingerprint density at radius 3 is 2.34 bits per heavy atom. The SMILES string of the molecule is O=C1C(Nc2cccc(C(=O)N3CCN(c4ncccn4)CC3)c2O)=C(Nc2ccccc2)C1O. The number of anilines is 3. The number of Topliss-reactive ketones (excluding diaryl/α,β-unsaturated/α-hetero) is 1. The number of nitrogens with one attached hydrogen (secondary N) is 2. The minimum atomic E-state index is -1.28. The van der Waals surface area contributed by atoms with E-state index in [4.69, 9.17) is 0 Å². The molecule has 0 bridgehead atoms. The number of phenolic OH excluding ortho intramolecular Hbond substituents is 1. The predicted molar refractivity (Wildman–Crippen MR) is 130 cm³/mol. The van der Waals surface area contributed by atoms with E-state index in [1.165, 1.54) is 0 Å². The molecule has 1 atom stereocenters. The topological polar surface area (TPSA) is 131 Å². The van der Waals surface area contributed by atoms with Crippen molar-refractivity contribution in [1.29, 1.82) is 0 Å². The number of para-hydroxylation sites is 2. The number of carbonyl (C=O) groups excluding carboxylic acids is 2. The van der Waals surface area contributed by atoms with E-state index in [1.807, 2.05) is 23.1 Å². The van der Waals surface area contributed by atoms with Gasteiger partial charge in [0.1, 0.15) is 5.70 Å². The lowest BCUT2D eigenvalue weighted by Crippen LogP contribution is -2.49. The van der Waals surface area contributed by atoms with Crippen LogP contribution in [0.2, 0.25) is 0 Å². The van der Waals surface area contributed by atoms with E-state index in [-0.39, 0.29) is 28.6 Å². The average molecular weight is 473 g/mol. The molecule has 1 fully saturated rings. The van der Waals surface area contributed by atoms with E-state index in [1.54, 1.807) is 53.7 Å². The van der Waals surface area contributed by atoms with E-state index in [0.717, 1.165) is 0 Å². The van der Waals surface area contributed by atoms with Crippen LogP contribution in [0.4, 0.5) is 17.3 Å². The molecule has 4 N–H and O–H groups in total. The molecule has 1 aliphatic heterocycles. The van der Waals surface area contributed by atoms with Gasteiger partial charge in [0.15, 0.2) is 11.9 Å². The summed E-state index contributed by atoms with van der Waals surface area (Å²) >= 11 is 0. The Hall–Kier alpha value is -4.44. The maximum atomic E-state index is 13.2. The van der Waals surface area contributed by atoms with Crippen LogP contribution in [0.5, 0.6) is 5.75 Å². The molecular formula is C25H24N6O4. The van der Waals surface area contributed by atoms with Gasteiger partial charge in [0, 0.05) is 44.3 Å². The van der Waals surface area contributed by atoms with Crippen LogP contribution >= 0.6 is 0 Å². The van der Waals surface area contributed by atoms with Crippen molar-refractivity contribution >= 4 is 29.0 Å². The zero-order valence-electron chi connectivity index (χ0n) is 18.8. The van der Waals surface area contributed by atoms with Gasteiger partial charge in [-0.3, -0.25) is 9.59 Å². The van der Waals surface area contributed by atoms with Gasteiger partial charge in [-0.2, -0.15) is 0 Å². The number of carbonyl (C=O) groups is 2. The highest BCUT2D eigenvalue weighted by Crippen LogP contribution is 2.34. The van der Waals surface area contributed by atoms with Gasteiger partial charge in [-0.25, -0.2) is 9.97 Å². The van der Waals surface area contributed by atoms with Crippen molar-refractivity contribution in [3.05, 3.63) is 83.9 Å². The lowest BCUT2D eigenvalue weighted by molar-refractivity contribution is -0.124. The van der Waals surface area contributed by atoms with Gasteiger partial charge in [-0.1, -0.05) is 24.3 Å². The highest BCUT2D eigenvalue weighted by molar-refractivity contribution is 6.12. The maximum Gasteiger partial charge on any atom is 0.257 e. The molecule has 178 valence electrons. The number of nitrogens with zero attached hydrogens (tertiary/aromatic N) is 4. The first-order valence-electron chi connectivity index (χ1n) is 11.2. The van der Waals surface area contributed by atoms with Gasteiger partial charge in [0.05, 0.1) is 16.9 Å². The number of hydrogen-bond acceptors (Lipinski definition) is 9. The lowest BCUT2D eigenvalue weighted by atomic mass is 9.94. The summed E-state index contributed by atoms with van der Waals surface area (Å²) in [6.07, 6.45) is 2.08. The number of aromatic hydroxyl groups is 1. The van der Waals surface area contributed by atoms with Gasteiger partial charge < -0.3 is 30.6 Å². The Kier molecular flexibility index (Phi) is 6.02. The van der Waals surface area contributed by atoms with Gasteiger partial charge in [-0.15, -0.1) is 0 Å². The highest BCUT2D eigenvalue weighted by Gasteiger charge is 2.39. The molecule has 0 spiro atoms. The van der Waals surface area contributed by atoms with E-state index in [9.17, 15) is 19.8 Å². The first-order valence-corrected chi connectivity index (χ1v) is 11.2. The molecule has 1 aromatic heterocycles. The summed E-state index contributed by atoms with van der Waals surface area (Å²) < 4.78 is 0. The molecule has 5 rings (SSSR count). The van der Waals surface area contributed by atoms with Crippen molar-refractivity contribution in [2.24, 2.45) is 0 Å². The number of rotatable bonds is 6. The molecule has 0 saturated carbocycles. The van der Waals surface area contributed by atoms with Crippen molar-refractivity contribution in [2.45, 2.75) is 6.10 Å². The minimum Gasteiger partial charge on any atom is -0.505 e. The number of aliphatic hydroxyl groups is 1. The average Bonchev–Trinajstić information content (AvgIpc) is 2.92. The standard InChI is InChI=1S/C25H24N6O4/c32-21-17(24(35)30-12-14-31(15-13-30)25-26-10-5-11-27-25)8-4-9-18(21)29-20-19(22(33)23(20)34)28-16-6-2-1-3-7-16/h1-11,22,28-29,32-33H,12-15H2. The van der Waals surface area contributed by atoms with Gasteiger partial charge in [0.2, 0.25) is 11.7 Å². The second-order valence-electron chi connectivity index (χ2n) is 8.20. The maximum absolute atomic E-state index is 13.2. The van der Waals surface area contributed by atoms with E-state index in [0.29, 0.717) is 43.5 Å². The van der Waals surface area contributed by atoms with E-state index in [2.05, 4.69) is 20.6 Å². The number of aromatic nitrogens is 2. The normalized spacial score (nSPS) is 17.7. The highest BCUT2D eigenvalue weighted by atomic mass is 16.3. The van der Waals surface area contributed by atoms with Crippen LogP contribution in [0.3, 0.4) is 0 Å². The summed E-state index contributed by atoms with van der Waals surface area (Å²) in [6, 6.07) is 15.6. The van der Waals surface area contributed by atoms with Crippen LogP contribution in [-0.2, 0) is 4.79 Å². The Morgan fingerprint density at radius 2 is 1.63 bits per heavy atom. The molecule has 10 heteroatoms. The second kappa shape index (κ2) is 9.43. The number of benzene rings is 2. The second-order valence-corrected chi connectivity index (χ2v) is 8.20. The van der Waals surface area contributed by atoms with Gasteiger partial charge in [-0.05, 0) is 30.3 Å². The van der Waals surface area contributed by atoms with E-state index >= 15 is 0 Å². The Morgan fingerprint density at radius 1 is 0.914 bits per heavy atom. The summed E-state index contributed by atoms with van der Waals surface area (Å²) in [5.41, 5.74) is 1.48. The van der Waals surface area contributed by atoms with Crippen LogP contribution in [0.15, 0.2) is 78.4 Å². The first kappa shape index (κ1) is 22.4. The Balaban J connectivity index is 1.31. The number of hydrogen-bond donors (Lipinski definition) is 4. The fourth-order valence-electron chi connectivity index (χ4n) is 4.08. The third-order valence-corrected chi connectivity index (χ3v) is 6.02. The molecule has 10 nitrogen and oxygen atoms in total. The third-order valence-electron chi connectivity index (χ3n) is 6.02. The minimum absolute atomic E-state index is 0.130. The van der Waals surface area contributed by atoms with Crippen molar-refractivity contribution in [3.8, 4) is 5.75 Å². The molecule has 35 heavy (non-hydrogen) atoms. The third kappa shape index (κ3) is 4.38. The monoisotopic (exact) mass is 472 g/mol. The molecule has 1 unspecified atom stereocenters. The Labute approximate surface area is 201 Å². The van der Waals surface area contributed by atoms with Crippen LogP contribution in [-0.4, -0.2) is 69.1 Å². The smallest absolute Gasteiger partial charge is 0.257 e. The molecule has 0 radical (unpaired) electrons. The largest absolute Gasteiger partial charge is 0.505 e. The Bertz CT molecular complexity index is 1270. The number of phenols is 1. The molecule has 2 heterocycles. The summed E-state index contributed by atoms with van der Waals surface area (Å²) in [5, 5.41) is 26.9. The predicted octanol–water partition coefficient (Wildman–Crippen LogP) is 1.82. The van der Waals surface area contributed by atoms with Gasteiger partial charge in [0.25, 0.3) is 5.91 Å². The first-order chi connectivity index (χ1) is 17.0. The molecule has 1 saturated heterocycles. The summed E-state index contributed by atoms with van der Waals surface area (Å²) in [6.45, 7) is 2.05. The van der Waals surface area contributed by atoms with Crippen molar-refractivity contribution in [3.63, 3.8) is 0 Å². The summed E-state index contributed by atoms with van der Waals surface area (Å²) in [7, 11) is 0. The quantitative estimate of drug-likeness (QED) is 0.397.